The van der Waals surface area contributed by atoms with Crippen LogP contribution in [0.1, 0.15) is 80.6 Å². The van der Waals surface area contributed by atoms with Crippen molar-refractivity contribution >= 4 is 11.8 Å². The Balaban J connectivity index is 4.61. The molecule has 0 bridgehead atoms. The molecule has 0 aromatic carbocycles. The number of hydrogen-bond donors (Lipinski definition) is 0. The minimum atomic E-state index is -0.922. The van der Waals surface area contributed by atoms with E-state index in [-0.39, 0.29) is 11.9 Å². The quantitative estimate of drug-likeness (QED) is 0.372. The van der Waals surface area contributed by atoms with Crippen LogP contribution < -0.4 is 0 Å². The van der Waals surface area contributed by atoms with Gasteiger partial charge in [-0.25, -0.2) is 4.79 Å². The molecular weight excluding hydrogens is 308 g/mol. The van der Waals surface area contributed by atoms with Gasteiger partial charge in [0.05, 0.1) is 6.10 Å². The number of ether oxygens (including phenoxy) is 3. The zero-order chi connectivity index (χ0) is 18.8. The van der Waals surface area contributed by atoms with Crippen molar-refractivity contribution in [2.24, 2.45) is 0 Å². The van der Waals surface area contributed by atoms with Crippen molar-refractivity contribution in [3.8, 4) is 0 Å². The Hall–Kier alpha value is -0.940. The Morgan fingerprint density at radius 1 is 1.00 bits per heavy atom. The van der Waals surface area contributed by atoms with Crippen LogP contribution in [0, 0.1) is 0 Å². The van der Waals surface area contributed by atoms with E-state index in [1.807, 2.05) is 20.8 Å². The molecule has 5 heteroatoms. The summed E-state index contributed by atoms with van der Waals surface area (Å²) in [5, 5.41) is 0. The molecule has 0 radical (unpaired) electrons. The lowest BCUT2D eigenvalue weighted by Crippen LogP contribution is -2.46. The van der Waals surface area contributed by atoms with Crippen LogP contribution in [-0.2, 0) is 23.8 Å². The van der Waals surface area contributed by atoms with Crippen LogP contribution >= 0.6 is 0 Å². The van der Waals surface area contributed by atoms with Crippen molar-refractivity contribution in [1.29, 1.82) is 0 Å². The van der Waals surface area contributed by atoms with Gasteiger partial charge in [0.25, 0.3) is 0 Å². The molecule has 0 aromatic heterocycles. The zero-order valence-corrected chi connectivity index (χ0v) is 16.5. The fraction of sp³-hybridized carbons (Fsp3) is 0.895. The number of carbonyl (C=O) groups excluding carboxylic acids is 2. The first kappa shape index (κ1) is 23.1. The van der Waals surface area contributed by atoms with E-state index in [4.69, 9.17) is 14.2 Å². The third kappa shape index (κ3) is 7.75. The summed E-state index contributed by atoms with van der Waals surface area (Å²) < 4.78 is 16.6. The first-order valence-electron chi connectivity index (χ1n) is 9.25. The van der Waals surface area contributed by atoms with Crippen LogP contribution in [0.2, 0.25) is 0 Å². The monoisotopic (exact) mass is 344 g/mol. The molecule has 0 aromatic rings. The second-order valence-corrected chi connectivity index (χ2v) is 6.58. The second kappa shape index (κ2) is 11.6. The molecule has 4 unspecified atom stereocenters. The number of Topliss-reactive ketones (excluding diaryl/α,β-unsaturated/α-hetero) is 1. The van der Waals surface area contributed by atoms with Crippen LogP contribution in [0.4, 0.5) is 0 Å². The smallest absolute Gasteiger partial charge is 0.335 e. The minimum absolute atomic E-state index is 0.0265. The van der Waals surface area contributed by atoms with E-state index in [1.54, 1.807) is 20.8 Å². The number of rotatable bonds is 13. The standard InChI is InChI=1S/C19H36O5/c1-8-11-12-13-22-19(7,10-3)17(20)15(5)24-18(21)16(6)23-14(4)9-2/h14-16H,8-13H2,1-7H3. The Bertz CT molecular complexity index is 382. The molecule has 0 aliphatic carbocycles. The predicted octanol–water partition coefficient (Wildman–Crippen LogP) is 4.07. The molecule has 0 heterocycles. The van der Waals surface area contributed by atoms with Gasteiger partial charge in [0, 0.05) is 6.61 Å². The molecule has 4 atom stereocenters. The van der Waals surface area contributed by atoms with Crippen molar-refractivity contribution in [2.75, 3.05) is 6.61 Å². The van der Waals surface area contributed by atoms with E-state index in [1.165, 1.54) is 0 Å². The fourth-order valence-corrected chi connectivity index (χ4v) is 2.25. The van der Waals surface area contributed by atoms with Crippen LogP contribution in [0.15, 0.2) is 0 Å². The first-order valence-corrected chi connectivity index (χ1v) is 9.25. The second-order valence-electron chi connectivity index (χ2n) is 6.58. The Morgan fingerprint density at radius 3 is 2.12 bits per heavy atom. The summed E-state index contributed by atoms with van der Waals surface area (Å²) in [6.07, 6.45) is 2.88. The maximum atomic E-state index is 12.7. The Labute approximate surface area is 147 Å². The van der Waals surface area contributed by atoms with Crippen LogP contribution in [0.5, 0.6) is 0 Å². The molecule has 142 valence electrons. The summed E-state index contributed by atoms with van der Waals surface area (Å²) in [7, 11) is 0. The molecule has 0 saturated carbocycles. The van der Waals surface area contributed by atoms with Crippen molar-refractivity contribution in [1.82, 2.24) is 0 Å². The fourth-order valence-electron chi connectivity index (χ4n) is 2.25. The molecule has 0 N–H and O–H groups in total. The van der Waals surface area contributed by atoms with Gasteiger partial charge in [-0.1, -0.05) is 33.6 Å². The van der Waals surface area contributed by atoms with E-state index in [0.717, 1.165) is 25.7 Å². The van der Waals surface area contributed by atoms with E-state index >= 15 is 0 Å². The lowest BCUT2D eigenvalue weighted by molar-refractivity contribution is -0.173. The minimum Gasteiger partial charge on any atom is -0.453 e. The van der Waals surface area contributed by atoms with Gasteiger partial charge in [-0.05, 0) is 47.0 Å². The lowest BCUT2D eigenvalue weighted by atomic mass is 9.94. The van der Waals surface area contributed by atoms with Crippen molar-refractivity contribution < 1.29 is 23.8 Å². The molecule has 5 nitrogen and oxygen atoms in total. The van der Waals surface area contributed by atoms with Gasteiger partial charge < -0.3 is 14.2 Å². The number of ketones is 1. The number of esters is 1. The van der Waals surface area contributed by atoms with Gasteiger partial charge in [0.2, 0.25) is 5.78 Å². The van der Waals surface area contributed by atoms with E-state index in [9.17, 15) is 9.59 Å². The van der Waals surface area contributed by atoms with Crippen molar-refractivity contribution in [3.63, 3.8) is 0 Å². The van der Waals surface area contributed by atoms with Crippen LogP contribution in [0.25, 0.3) is 0 Å². The summed E-state index contributed by atoms with van der Waals surface area (Å²) in [6, 6.07) is 0. The summed E-state index contributed by atoms with van der Waals surface area (Å²) >= 11 is 0. The van der Waals surface area contributed by atoms with Gasteiger partial charge >= 0.3 is 5.97 Å². The van der Waals surface area contributed by atoms with Gasteiger partial charge in [0.1, 0.15) is 5.60 Å². The average molecular weight is 344 g/mol. The van der Waals surface area contributed by atoms with Gasteiger partial charge in [-0.3, -0.25) is 4.79 Å². The predicted molar refractivity (Wildman–Crippen MR) is 95.0 cm³/mol. The molecule has 0 saturated heterocycles. The molecule has 0 rings (SSSR count). The van der Waals surface area contributed by atoms with E-state index < -0.39 is 23.8 Å². The highest BCUT2D eigenvalue weighted by molar-refractivity contribution is 5.92. The van der Waals surface area contributed by atoms with Crippen molar-refractivity contribution in [3.05, 3.63) is 0 Å². The summed E-state index contributed by atoms with van der Waals surface area (Å²) in [4.78, 5) is 24.7. The number of hydrogen-bond acceptors (Lipinski definition) is 5. The van der Waals surface area contributed by atoms with Crippen molar-refractivity contribution in [2.45, 2.75) is 104 Å². The van der Waals surface area contributed by atoms with E-state index in [0.29, 0.717) is 13.0 Å². The normalized spacial score (nSPS) is 17.6. The third-order valence-electron chi connectivity index (χ3n) is 4.37. The van der Waals surface area contributed by atoms with Gasteiger partial charge in [0.15, 0.2) is 12.2 Å². The first-order chi connectivity index (χ1) is 11.2. The van der Waals surface area contributed by atoms with Crippen LogP contribution in [-0.4, -0.2) is 42.3 Å². The third-order valence-corrected chi connectivity index (χ3v) is 4.37. The number of unbranched alkanes of at least 4 members (excludes halogenated alkanes) is 2. The lowest BCUT2D eigenvalue weighted by Gasteiger charge is -2.30. The molecule has 0 aliphatic heterocycles. The zero-order valence-electron chi connectivity index (χ0n) is 16.5. The molecule has 0 spiro atoms. The molecule has 0 aliphatic rings. The molecule has 0 fully saturated rings. The Kier molecular flexibility index (Phi) is 11.1. The Morgan fingerprint density at radius 2 is 1.62 bits per heavy atom. The molecule has 24 heavy (non-hydrogen) atoms. The maximum absolute atomic E-state index is 12.7. The topological polar surface area (TPSA) is 61.8 Å². The highest BCUT2D eigenvalue weighted by Crippen LogP contribution is 2.21. The highest BCUT2D eigenvalue weighted by atomic mass is 16.6. The molecular formula is C19H36O5. The SMILES string of the molecule is CCCCCOC(C)(CC)C(=O)C(C)OC(=O)C(C)OC(C)CC. The van der Waals surface area contributed by atoms with Crippen LogP contribution in [0.3, 0.4) is 0 Å². The van der Waals surface area contributed by atoms with Gasteiger partial charge in [-0.15, -0.1) is 0 Å². The van der Waals surface area contributed by atoms with Gasteiger partial charge in [-0.2, -0.15) is 0 Å². The average Bonchev–Trinajstić information content (AvgIpc) is 2.57. The summed E-state index contributed by atoms with van der Waals surface area (Å²) in [5.74, 6) is -0.717. The van der Waals surface area contributed by atoms with E-state index in [2.05, 4.69) is 6.92 Å². The molecule has 0 amide bonds. The summed E-state index contributed by atoms with van der Waals surface area (Å²) in [5.41, 5.74) is -0.922. The number of carbonyl (C=O) groups is 2. The largest absolute Gasteiger partial charge is 0.453 e. The summed E-state index contributed by atoms with van der Waals surface area (Å²) in [6.45, 7) is 13.5. The maximum Gasteiger partial charge on any atom is 0.335 e. The highest BCUT2D eigenvalue weighted by Gasteiger charge is 2.37.